The van der Waals surface area contributed by atoms with Gasteiger partial charge in [0, 0.05) is 29.7 Å². The Bertz CT molecular complexity index is 1630. The number of aryl methyl sites for hydroxylation is 1. The number of rotatable bonds is 11. The average Bonchev–Trinajstić information content (AvgIpc) is 3.59. The molecule has 0 saturated heterocycles. The van der Waals surface area contributed by atoms with Crippen LogP contribution in [0, 0.1) is 0 Å². The Morgan fingerprint density at radius 3 is 2.70 bits per heavy atom. The van der Waals surface area contributed by atoms with Crippen LogP contribution in [0.4, 0.5) is 0 Å². The molecule has 1 aliphatic rings. The van der Waals surface area contributed by atoms with Gasteiger partial charge in [0.15, 0.2) is 0 Å². The molecule has 0 saturated carbocycles. The van der Waals surface area contributed by atoms with Crippen LogP contribution >= 0.6 is 0 Å². The van der Waals surface area contributed by atoms with Crippen molar-refractivity contribution in [3.63, 3.8) is 0 Å². The highest BCUT2D eigenvalue weighted by atomic mass is 32.2. The van der Waals surface area contributed by atoms with Crippen LogP contribution in [0.15, 0.2) is 83.9 Å². The fraction of sp³-hybridized carbons (Fsp3) is 0.258. The highest BCUT2D eigenvalue weighted by Crippen LogP contribution is 2.40. The molecule has 1 unspecified atom stereocenters. The number of esters is 1. The molecule has 1 heterocycles. The van der Waals surface area contributed by atoms with Gasteiger partial charge in [-0.15, -0.1) is 0 Å². The topological polar surface area (TPSA) is 109 Å². The summed E-state index contributed by atoms with van der Waals surface area (Å²) in [5.74, 6) is 0.0674. The number of aliphatic hydroxyl groups excluding tert-OH is 1. The smallest absolute Gasteiger partial charge is 0.330 e. The second kappa shape index (κ2) is 12.1. The van der Waals surface area contributed by atoms with Crippen LogP contribution in [-0.2, 0) is 32.4 Å². The zero-order chi connectivity index (χ0) is 28.1. The highest BCUT2D eigenvalue weighted by Gasteiger charge is 2.36. The molecule has 208 valence electrons. The summed E-state index contributed by atoms with van der Waals surface area (Å²) < 4.78 is 40.0. The van der Waals surface area contributed by atoms with Crippen molar-refractivity contribution in [2.45, 2.75) is 30.2 Å². The normalized spacial score (nSPS) is 15.1. The number of H-pyrrole nitrogens is 1. The number of ether oxygens (including phenoxy) is 2. The van der Waals surface area contributed by atoms with Crippen LogP contribution in [0.2, 0.25) is 0 Å². The van der Waals surface area contributed by atoms with E-state index in [1.807, 2.05) is 48.7 Å². The first-order valence-electron chi connectivity index (χ1n) is 13.2. The van der Waals surface area contributed by atoms with Crippen molar-refractivity contribution in [2.24, 2.45) is 0 Å². The molecule has 2 N–H and O–H groups in total. The van der Waals surface area contributed by atoms with Crippen LogP contribution in [0.3, 0.4) is 0 Å². The number of fused-ring (bicyclic) bond motifs is 2. The van der Waals surface area contributed by atoms with Crippen molar-refractivity contribution in [1.29, 1.82) is 0 Å². The lowest BCUT2D eigenvalue weighted by Gasteiger charge is -2.29. The summed E-state index contributed by atoms with van der Waals surface area (Å²) in [4.78, 5) is 15.0. The van der Waals surface area contributed by atoms with Crippen LogP contribution < -0.4 is 4.74 Å². The van der Waals surface area contributed by atoms with Crippen LogP contribution in [-0.4, -0.2) is 55.7 Å². The van der Waals surface area contributed by atoms with Crippen molar-refractivity contribution >= 4 is 33.0 Å². The Kier molecular flexibility index (Phi) is 8.35. The summed E-state index contributed by atoms with van der Waals surface area (Å²) in [6.07, 6.45) is 6.96. The van der Waals surface area contributed by atoms with Gasteiger partial charge in [-0.25, -0.2) is 13.2 Å². The molecule has 8 nitrogen and oxygen atoms in total. The Balaban J connectivity index is 1.47. The minimum atomic E-state index is -3.86. The van der Waals surface area contributed by atoms with Crippen LogP contribution in [0.5, 0.6) is 5.75 Å². The molecule has 0 aliphatic heterocycles. The second-order valence-electron chi connectivity index (χ2n) is 9.64. The number of carbonyl (C=O) groups is 1. The first-order chi connectivity index (χ1) is 19.4. The molecule has 0 radical (unpaired) electrons. The number of para-hydroxylation sites is 1. The van der Waals surface area contributed by atoms with Gasteiger partial charge >= 0.3 is 5.97 Å². The SMILES string of the molecule is COC(=O)C=Cc1ccc2c(c1)CCC2N(CCc1c[nH]c2ccccc12)S(=O)(=O)c1ccc(OCCO)cc1. The molecule has 1 atom stereocenters. The van der Waals surface area contributed by atoms with E-state index in [1.54, 1.807) is 34.6 Å². The summed E-state index contributed by atoms with van der Waals surface area (Å²) in [6, 6.07) is 19.9. The minimum Gasteiger partial charge on any atom is -0.491 e. The van der Waals surface area contributed by atoms with Gasteiger partial charge in [-0.1, -0.05) is 36.4 Å². The molecule has 0 fully saturated rings. The average molecular weight is 561 g/mol. The molecule has 9 heteroatoms. The van der Waals surface area contributed by atoms with Gasteiger partial charge in [0.25, 0.3) is 0 Å². The third-order valence-corrected chi connectivity index (χ3v) is 9.16. The number of sulfonamides is 1. The monoisotopic (exact) mass is 560 g/mol. The van der Waals surface area contributed by atoms with Gasteiger partial charge in [-0.2, -0.15) is 4.31 Å². The summed E-state index contributed by atoms with van der Waals surface area (Å²) in [7, 11) is -2.53. The molecule has 1 aromatic heterocycles. The summed E-state index contributed by atoms with van der Waals surface area (Å²) >= 11 is 0. The molecule has 0 spiro atoms. The second-order valence-corrected chi connectivity index (χ2v) is 11.5. The van der Waals surface area contributed by atoms with E-state index in [2.05, 4.69) is 9.72 Å². The fourth-order valence-electron chi connectivity index (χ4n) is 5.27. The van der Waals surface area contributed by atoms with Crippen molar-refractivity contribution in [3.05, 3.63) is 101 Å². The van der Waals surface area contributed by atoms with Gasteiger partial charge in [0.1, 0.15) is 12.4 Å². The van der Waals surface area contributed by atoms with Gasteiger partial charge < -0.3 is 19.6 Å². The van der Waals surface area contributed by atoms with E-state index in [0.717, 1.165) is 39.6 Å². The van der Waals surface area contributed by atoms with Crippen molar-refractivity contribution in [1.82, 2.24) is 9.29 Å². The fourth-order valence-corrected chi connectivity index (χ4v) is 6.91. The van der Waals surface area contributed by atoms with Crippen molar-refractivity contribution in [2.75, 3.05) is 26.9 Å². The molecule has 4 aromatic rings. The lowest BCUT2D eigenvalue weighted by Crippen LogP contribution is -2.35. The molecule has 0 bridgehead atoms. The maximum absolute atomic E-state index is 14.1. The summed E-state index contributed by atoms with van der Waals surface area (Å²) in [5.41, 5.74) is 4.98. The molecule has 1 aliphatic carbocycles. The third-order valence-electron chi connectivity index (χ3n) is 7.24. The maximum atomic E-state index is 14.1. The Hall–Kier alpha value is -3.92. The van der Waals surface area contributed by atoms with Gasteiger partial charge in [0.05, 0.1) is 24.7 Å². The Morgan fingerprint density at radius 1 is 1.12 bits per heavy atom. The van der Waals surface area contributed by atoms with Gasteiger partial charge in [0.2, 0.25) is 10.0 Å². The van der Waals surface area contributed by atoms with Gasteiger partial charge in [-0.3, -0.25) is 0 Å². The van der Waals surface area contributed by atoms with Crippen LogP contribution in [0.1, 0.15) is 34.7 Å². The van der Waals surface area contributed by atoms with Crippen molar-refractivity contribution < 1.29 is 27.8 Å². The number of hydrogen-bond acceptors (Lipinski definition) is 6. The number of aromatic nitrogens is 1. The zero-order valence-electron chi connectivity index (χ0n) is 22.2. The quantitative estimate of drug-likeness (QED) is 0.204. The number of carbonyl (C=O) groups excluding carboxylic acids is 1. The number of aromatic amines is 1. The van der Waals surface area contributed by atoms with E-state index in [0.29, 0.717) is 25.1 Å². The van der Waals surface area contributed by atoms with E-state index in [1.165, 1.54) is 13.2 Å². The Morgan fingerprint density at radius 2 is 1.93 bits per heavy atom. The summed E-state index contributed by atoms with van der Waals surface area (Å²) in [6.45, 7) is 0.322. The molecular weight excluding hydrogens is 528 g/mol. The lowest BCUT2D eigenvalue weighted by molar-refractivity contribution is -0.134. The predicted octanol–water partition coefficient (Wildman–Crippen LogP) is 4.65. The van der Waals surface area contributed by atoms with Crippen molar-refractivity contribution in [3.8, 4) is 5.75 Å². The summed E-state index contributed by atoms with van der Waals surface area (Å²) in [5, 5.41) is 10.1. The lowest BCUT2D eigenvalue weighted by atomic mass is 10.0. The highest BCUT2D eigenvalue weighted by molar-refractivity contribution is 7.89. The molecule has 5 rings (SSSR count). The van der Waals surface area contributed by atoms with Crippen LogP contribution in [0.25, 0.3) is 17.0 Å². The van der Waals surface area contributed by atoms with E-state index < -0.39 is 16.0 Å². The van der Waals surface area contributed by atoms with E-state index >= 15 is 0 Å². The first kappa shape index (κ1) is 27.6. The molecule has 40 heavy (non-hydrogen) atoms. The molecule has 3 aromatic carbocycles. The van der Waals surface area contributed by atoms with E-state index in [4.69, 9.17) is 9.84 Å². The number of hydrogen-bond donors (Lipinski definition) is 2. The number of methoxy groups -OCH3 is 1. The number of benzene rings is 3. The van der Waals surface area contributed by atoms with E-state index in [9.17, 15) is 13.2 Å². The maximum Gasteiger partial charge on any atom is 0.330 e. The minimum absolute atomic E-state index is 0.122. The molecule has 0 amide bonds. The van der Waals surface area contributed by atoms with E-state index in [-0.39, 0.29) is 24.2 Å². The number of nitrogens with zero attached hydrogens (tertiary/aromatic N) is 1. The zero-order valence-corrected chi connectivity index (χ0v) is 23.1. The number of nitrogens with one attached hydrogen (secondary N) is 1. The van der Waals surface area contributed by atoms with Gasteiger partial charge in [-0.05, 0) is 77.9 Å². The Labute approximate surface area is 233 Å². The molecular formula is C31H32N2O6S. The largest absolute Gasteiger partial charge is 0.491 e. The standard InChI is InChI=1S/C31H32N2O6S/c1-38-31(35)15-7-22-6-13-28-23(20-22)8-14-30(28)33(17-16-24-21-32-29-5-3-2-4-27(24)29)40(36,37)26-11-9-25(10-12-26)39-19-18-34/h2-7,9-13,15,20-21,30,32,34H,8,14,16-19H2,1H3. The first-order valence-corrected chi connectivity index (χ1v) is 14.6. The predicted molar refractivity (Wildman–Crippen MR) is 153 cm³/mol. The third kappa shape index (κ3) is 5.82. The number of aliphatic hydroxyl groups is 1.